The summed E-state index contributed by atoms with van der Waals surface area (Å²) < 4.78 is 5.17. The maximum absolute atomic E-state index is 8.77. The molecule has 14 heavy (non-hydrogen) atoms. The fourth-order valence-corrected chi connectivity index (χ4v) is 0.867. The molecule has 74 valence electrons. The Labute approximate surface area is 81.8 Å². The lowest BCUT2D eigenvalue weighted by Crippen LogP contribution is -2.21. The van der Waals surface area contributed by atoms with Gasteiger partial charge < -0.3 is 15.6 Å². The summed E-state index contributed by atoms with van der Waals surface area (Å²) in [5.74, 6) is 0.274. The lowest BCUT2D eigenvalue weighted by molar-refractivity contribution is 0.143. The molecule has 1 rings (SSSR count). The lowest BCUT2D eigenvalue weighted by atomic mass is 10.3. The van der Waals surface area contributed by atoms with Gasteiger partial charge in [-0.1, -0.05) is 0 Å². The van der Waals surface area contributed by atoms with E-state index in [2.05, 4.69) is 4.98 Å². The highest BCUT2D eigenvalue weighted by Crippen LogP contribution is 2.12. The van der Waals surface area contributed by atoms with Crippen LogP contribution in [0.3, 0.4) is 0 Å². The monoisotopic (exact) mass is 193 g/mol. The second-order valence-electron chi connectivity index (χ2n) is 2.67. The number of hydrogen-bond acceptors (Lipinski definition) is 5. The Morgan fingerprint density at radius 2 is 2.50 bits per heavy atom. The minimum absolute atomic E-state index is 0.239. The molecule has 1 unspecified atom stereocenters. The normalized spacial score (nSPS) is 11.8. The third kappa shape index (κ3) is 3.01. The summed E-state index contributed by atoms with van der Waals surface area (Å²) in [5, 5.41) is 17.5. The van der Waals surface area contributed by atoms with Crippen LogP contribution in [-0.4, -0.2) is 22.9 Å². The molecule has 0 saturated carbocycles. The van der Waals surface area contributed by atoms with Crippen LogP contribution < -0.4 is 10.5 Å². The molecule has 3 N–H and O–H groups in total. The first-order valence-electron chi connectivity index (χ1n) is 4.15. The van der Waals surface area contributed by atoms with Gasteiger partial charge in [-0.25, -0.2) is 4.98 Å². The zero-order valence-corrected chi connectivity index (χ0v) is 7.55. The number of hydrogen-bond donors (Lipinski definition) is 2. The van der Waals surface area contributed by atoms with Gasteiger partial charge in [0.15, 0.2) is 0 Å². The van der Waals surface area contributed by atoms with Gasteiger partial charge in [0.1, 0.15) is 17.9 Å². The largest absolute Gasteiger partial charge is 0.477 e. The average Bonchev–Trinajstić information content (AvgIpc) is 2.18. The summed E-state index contributed by atoms with van der Waals surface area (Å²) in [6.45, 7) is 0.239. The van der Waals surface area contributed by atoms with E-state index in [1.165, 1.54) is 6.20 Å². The molecule has 1 atom stereocenters. The maximum atomic E-state index is 8.77. The fraction of sp³-hybridized carbons (Fsp3) is 0.333. The molecule has 0 bridgehead atoms. The van der Waals surface area contributed by atoms with Gasteiger partial charge in [-0.3, -0.25) is 0 Å². The first-order valence-corrected chi connectivity index (χ1v) is 4.15. The number of nitrogens with two attached hydrogens (primary N) is 1. The summed E-state index contributed by atoms with van der Waals surface area (Å²) in [7, 11) is 0. The standard InChI is InChI=1S/C9H11N3O2/c10-6-7-2-1-4-12-9(7)14-5-3-8(11)13/h1-2,4,8,13H,3,5,11H2. The van der Waals surface area contributed by atoms with Gasteiger partial charge in [-0.2, -0.15) is 5.26 Å². The van der Waals surface area contributed by atoms with E-state index in [0.717, 1.165) is 0 Å². The van der Waals surface area contributed by atoms with Crippen LogP contribution in [-0.2, 0) is 0 Å². The van der Waals surface area contributed by atoms with Crippen LogP contribution in [0.15, 0.2) is 18.3 Å². The topological polar surface area (TPSA) is 92.2 Å². The van der Waals surface area contributed by atoms with E-state index in [1.807, 2.05) is 6.07 Å². The van der Waals surface area contributed by atoms with Crippen molar-refractivity contribution in [1.29, 1.82) is 5.26 Å². The van der Waals surface area contributed by atoms with Gasteiger partial charge in [0, 0.05) is 12.6 Å². The minimum Gasteiger partial charge on any atom is -0.477 e. The van der Waals surface area contributed by atoms with Crippen LogP contribution >= 0.6 is 0 Å². The van der Waals surface area contributed by atoms with E-state index in [-0.39, 0.29) is 12.5 Å². The van der Waals surface area contributed by atoms with Gasteiger partial charge in [-0.05, 0) is 12.1 Å². The number of rotatable bonds is 4. The molecule has 0 saturated heterocycles. The van der Waals surface area contributed by atoms with E-state index in [4.69, 9.17) is 20.8 Å². The average molecular weight is 193 g/mol. The zero-order valence-electron chi connectivity index (χ0n) is 7.55. The van der Waals surface area contributed by atoms with Gasteiger partial charge in [0.25, 0.3) is 0 Å². The lowest BCUT2D eigenvalue weighted by Gasteiger charge is -2.07. The van der Waals surface area contributed by atoms with Crippen molar-refractivity contribution in [1.82, 2.24) is 4.98 Å². The van der Waals surface area contributed by atoms with Gasteiger partial charge in [0.05, 0.1) is 6.61 Å². The molecular formula is C9H11N3O2. The molecule has 0 fully saturated rings. The molecule has 5 nitrogen and oxygen atoms in total. The maximum Gasteiger partial charge on any atom is 0.231 e. The quantitative estimate of drug-likeness (QED) is 0.656. The molecule has 0 aliphatic heterocycles. The van der Waals surface area contributed by atoms with Crippen LogP contribution in [0.5, 0.6) is 5.88 Å². The van der Waals surface area contributed by atoms with E-state index >= 15 is 0 Å². The third-order valence-corrected chi connectivity index (χ3v) is 1.54. The summed E-state index contributed by atoms with van der Waals surface area (Å²) in [6.07, 6.45) is 0.945. The predicted octanol–water partition coefficient (Wildman–Crippen LogP) is -0.000720. The van der Waals surface area contributed by atoms with Gasteiger partial charge in [-0.15, -0.1) is 0 Å². The second-order valence-corrected chi connectivity index (χ2v) is 2.67. The number of pyridine rings is 1. The molecule has 0 aliphatic rings. The Bertz CT molecular complexity index is 333. The summed E-state index contributed by atoms with van der Waals surface area (Å²) >= 11 is 0. The Morgan fingerprint density at radius 3 is 3.14 bits per heavy atom. The van der Waals surface area contributed by atoms with Gasteiger partial charge >= 0.3 is 0 Å². The van der Waals surface area contributed by atoms with E-state index in [1.54, 1.807) is 12.1 Å². The molecular weight excluding hydrogens is 182 g/mol. The molecule has 5 heteroatoms. The second kappa shape index (κ2) is 5.17. The number of aromatic nitrogens is 1. The molecule has 1 aromatic rings. The van der Waals surface area contributed by atoms with Crippen molar-refractivity contribution in [3.05, 3.63) is 23.9 Å². The number of aliphatic hydroxyl groups is 1. The highest BCUT2D eigenvalue weighted by Gasteiger charge is 2.03. The smallest absolute Gasteiger partial charge is 0.231 e. The molecule has 0 aromatic carbocycles. The minimum atomic E-state index is -0.899. The molecule has 1 heterocycles. The van der Waals surface area contributed by atoms with Crippen molar-refractivity contribution in [3.63, 3.8) is 0 Å². The van der Waals surface area contributed by atoms with E-state index < -0.39 is 6.23 Å². The van der Waals surface area contributed by atoms with E-state index in [9.17, 15) is 0 Å². The highest BCUT2D eigenvalue weighted by molar-refractivity contribution is 5.36. The number of ether oxygens (including phenoxy) is 1. The number of aliphatic hydroxyl groups excluding tert-OH is 1. The van der Waals surface area contributed by atoms with Gasteiger partial charge in [0.2, 0.25) is 5.88 Å². The predicted molar refractivity (Wildman–Crippen MR) is 49.3 cm³/mol. The van der Waals surface area contributed by atoms with Crippen molar-refractivity contribution in [2.45, 2.75) is 12.6 Å². The first kappa shape index (κ1) is 10.4. The van der Waals surface area contributed by atoms with E-state index in [0.29, 0.717) is 12.0 Å². The Kier molecular flexibility index (Phi) is 3.85. The molecule has 0 radical (unpaired) electrons. The van der Waals surface area contributed by atoms with Crippen LogP contribution in [0, 0.1) is 11.3 Å². The number of nitrogens with zero attached hydrogens (tertiary/aromatic N) is 2. The molecule has 0 aliphatic carbocycles. The van der Waals surface area contributed by atoms with Crippen molar-refractivity contribution in [2.24, 2.45) is 5.73 Å². The Balaban J connectivity index is 2.54. The van der Waals surface area contributed by atoms with Crippen molar-refractivity contribution < 1.29 is 9.84 Å². The summed E-state index contributed by atoms with van der Waals surface area (Å²) in [4.78, 5) is 3.88. The zero-order chi connectivity index (χ0) is 10.4. The number of nitriles is 1. The highest BCUT2D eigenvalue weighted by atomic mass is 16.5. The first-order chi connectivity index (χ1) is 6.74. The summed E-state index contributed by atoms with van der Waals surface area (Å²) in [6, 6.07) is 5.22. The Hall–Kier alpha value is -1.64. The fourth-order valence-electron chi connectivity index (χ4n) is 0.867. The SMILES string of the molecule is N#Cc1cccnc1OCCC(N)O. The molecule has 1 aromatic heterocycles. The third-order valence-electron chi connectivity index (χ3n) is 1.54. The van der Waals surface area contributed by atoms with Crippen molar-refractivity contribution in [3.8, 4) is 11.9 Å². The van der Waals surface area contributed by atoms with Crippen LogP contribution in [0.2, 0.25) is 0 Å². The van der Waals surface area contributed by atoms with Crippen LogP contribution in [0.1, 0.15) is 12.0 Å². The van der Waals surface area contributed by atoms with Crippen LogP contribution in [0.4, 0.5) is 0 Å². The molecule has 0 amide bonds. The van der Waals surface area contributed by atoms with Crippen LogP contribution in [0.25, 0.3) is 0 Å². The Morgan fingerprint density at radius 1 is 1.71 bits per heavy atom. The van der Waals surface area contributed by atoms with Crippen molar-refractivity contribution >= 4 is 0 Å². The summed E-state index contributed by atoms with van der Waals surface area (Å²) in [5.41, 5.74) is 5.49. The van der Waals surface area contributed by atoms with Crippen molar-refractivity contribution in [2.75, 3.05) is 6.61 Å². The molecule has 0 spiro atoms.